The smallest absolute Gasteiger partial charge is 0.187 e. The number of ether oxygens (including phenoxy) is 1. The number of allylic oxidation sites excluding steroid dienone is 2. The van der Waals surface area contributed by atoms with Gasteiger partial charge in [-0.1, -0.05) is 18.2 Å². The Morgan fingerprint density at radius 3 is 2.68 bits per heavy atom. The van der Waals surface area contributed by atoms with Crippen molar-refractivity contribution in [3.05, 3.63) is 71.8 Å². The second kappa shape index (κ2) is 9.27. The molecule has 4 heteroatoms. The first-order valence-corrected chi connectivity index (χ1v) is 9.71. The fourth-order valence-electron chi connectivity index (χ4n) is 3.61. The lowest BCUT2D eigenvalue weighted by Crippen LogP contribution is -2.30. The Labute approximate surface area is 166 Å². The standard InChI is InChI=1S/C24H27NO3/c1-3-9-18-16-19(24(28-2)17-23(18)27)12-13-22(26)20-10-5-6-11-21(20)25-14-7-4-8-15-25/h3,5-6,10-13,16-17,27H,1,4,7-9,14-15H2,2H3/b13-12+. The Bertz CT molecular complexity index is 879. The number of ketones is 1. The molecule has 1 heterocycles. The Hall–Kier alpha value is -3.01. The van der Waals surface area contributed by atoms with Crippen molar-refractivity contribution in [2.24, 2.45) is 0 Å². The third-order valence-electron chi connectivity index (χ3n) is 5.08. The topological polar surface area (TPSA) is 49.8 Å². The summed E-state index contributed by atoms with van der Waals surface area (Å²) in [5.41, 5.74) is 3.21. The number of rotatable bonds is 7. The number of phenolic OH excluding ortho intramolecular Hbond substituents is 1. The Morgan fingerprint density at radius 2 is 1.96 bits per heavy atom. The van der Waals surface area contributed by atoms with Gasteiger partial charge in [0.05, 0.1) is 7.11 Å². The highest BCUT2D eigenvalue weighted by Crippen LogP contribution is 2.30. The molecule has 1 aliphatic heterocycles. The molecule has 1 N–H and O–H groups in total. The molecule has 3 rings (SSSR count). The molecule has 0 aromatic heterocycles. The van der Waals surface area contributed by atoms with Crippen LogP contribution in [-0.2, 0) is 6.42 Å². The number of carbonyl (C=O) groups excluding carboxylic acids is 1. The first-order chi connectivity index (χ1) is 13.6. The lowest BCUT2D eigenvalue weighted by molar-refractivity contribution is 0.104. The van der Waals surface area contributed by atoms with E-state index in [0.717, 1.165) is 42.7 Å². The summed E-state index contributed by atoms with van der Waals surface area (Å²) in [6.07, 6.45) is 9.18. The number of piperidine rings is 1. The largest absolute Gasteiger partial charge is 0.508 e. The van der Waals surface area contributed by atoms with E-state index >= 15 is 0 Å². The number of nitrogens with zero attached hydrogens (tertiary/aromatic N) is 1. The van der Waals surface area contributed by atoms with Crippen molar-refractivity contribution in [1.82, 2.24) is 0 Å². The van der Waals surface area contributed by atoms with Crippen molar-refractivity contribution < 1.29 is 14.6 Å². The minimum atomic E-state index is -0.0402. The Balaban J connectivity index is 1.88. The van der Waals surface area contributed by atoms with Gasteiger partial charge < -0.3 is 14.7 Å². The molecule has 28 heavy (non-hydrogen) atoms. The van der Waals surface area contributed by atoms with Gasteiger partial charge in [0.1, 0.15) is 11.5 Å². The lowest BCUT2D eigenvalue weighted by atomic mass is 10.0. The summed E-state index contributed by atoms with van der Waals surface area (Å²) in [5, 5.41) is 10.1. The van der Waals surface area contributed by atoms with E-state index in [0.29, 0.717) is 17.7 Å². The average Bonchev–Trinajstić information content (AvgIpc) is 2.74. The average molecular weight is 377 g/mol. The second-order valence-electron chi connectivity index (χ2n) is 6.98. The van der Waals surface area contributed by atoms with Crippen LogP contribution in [0.4, 0.5) is 5.69 Å². The van der Waals surface area contributed by atoms with Gasteiger partial charge in [0, 0.05) is 36.0 Å². The summed E-state index contributed by atoms with van der Waals surface area (Å²) in [6, 6.07) is 11.2. The molecule has 1 fully saturated rings. The van der Waals surface area contributed by atoms with Crippen LogP contribution in [0.1, 0.15) is 40.7 Å². The third kappa shape index (κ3) is 4.45. The first kappa shape index (κ1) is 19.7. The van der Waals surface area contributed by atoms with E-state index in [4.69, 9.17) is 4.74 Å². The van der Waals surface area contributed by atoms with Gasteiger partial charge in [-0.2, -0.15) is 0 Å². The molecule has 1 saturated heterocycles. The van der Waals surface area contributed by atoms with Gasteiger partial charge in [-0.05, 0) is 61.6 Å². The summed E-state index contributed by atoms with van der Waals surface area (Å²) in [5.74, 6) is 0.649. The van der Waals surface area contributed by atoms with Gasteiger partial charge in [0.25, 0.3) is 0 Å². The highest BCUT2D eigenvalue weighted by atomic mass is 16.5. The predicted molar refractivity (Wildman–Crippen MR) is 114 cm³/mol. The fraction of sp³-hybridized carbons (Fsp3) is 0.292. The number of anilines is 1. The van der Waals surface area contributed by atoms with E-state index in [1.807, 2.05) is 30.3 Å². The summed E-state index contributed by atoms with van der Waals surface area (Å²) in [7, 11) is 1.55. The van der Waals surface area contributed by atoms with E-state index in [2.05, 4.69) is 11.5 Å². The van der Waals surface area contributed by atoms with Gasteiger partial charge >= 0.3 is 0 Å². The molecule has 2 aromatic carbocycles. The number of para-hydroxylation sites is 1. The van der Waals surface area contributed by atoms with Crippen LogP contribution < -0.4 is 9.64 Å². The zero-order valence-corrected chi connectivity index (χ0v) is 16.4. The van der Waals surface area contributed by atoms with Crippen LogP contribution in [0.2, 0.25) is 0 Å². The van der Waals surface area contributed by atoms with Gasteiger partial charge in [0.15, 0.2) is 5.78 Å². The normalized spacial score (nSPS) is 14.2. The van der Waals surface area contributed by atoms with Crippen molar-refractivity contribution in [3.63, 3.8) is 0 Å². The summed E-state index contributed by atoms with van der Waals surface area (Å²) >= 11 is 0. The van der Waals surface area contributed by atoms with Crippen molar-refractivity contribution in [2.75, 3.05) is 25.1 Å². The number of methoxy groups -OCH3 is 1. The number of aromatic hydroxyl groups is 1. The zero-order valence-electron chi connectivity index (χ0n) is 16.4. The predicted octanol–water partition coefficient (Wildman–Crippen LogP) is 5.02. The molecule has 0 spiro atoms. The first-order valence-electron chi connectivity index (χ1n) is 9.71. The van der Waals surface area contributed by atoms with Crippen LogP contribution in [0.5, 0.6) is 11.5 Å². The van der Waals surface area contributed by atoms with Crippen LogP contribution in [0, 0.1) is 0 Å². The Kier molecular flexibility index (Phi) is 6.53. The van der Waals surface area contributed by atoms with Gasteiger partial charge in [-0.15, -0.1) is 6.58 Å². The van der Waals surface area contributed by atoms with Crippen LogP contribution in [0.25, 0.3) is 6.08 Å². The molecule has 1 aliphatic rings. The van der Waals surface area contributed by atoms with Gasteiger partial charge in [-0.25, -0.2) is 0 Å². The molecule has 0 unspecified atom stereocenters. The molecular formula is C24H27NO3. The van der Waals surface area contributed by atoms with Crippen molar-refractivity contribution >= 4 is 17.5 Å². The maximum absolute atomic E-state index is 12.9. The fourth-order valence-corrected chi connectivity index (χ4v) is 3.61. The van der Waals surface area contributed by atoms with Crippen molar-refractivity contribution in [2.45, 2.75) is 25.7 Å². The lowest BCUT2D eigenvalue weighted by Gasteiger charge is -2.30. The molecule has 4 nitrogen and oxygen atoms in total. The molecule has 2 aromatic rings. The van der Waals surface area contributed by atoms with Gasteiger partial charge in [0.2, 0.25) is 0 Å². The SMILES string of the molecule is C=CCc1cc(/C=C/C(=O)c2ccccc2N2CCCCC2)c(OC)cc1O. The monoisotopic (exact) mass is 377 g/mol. The van der Waals surface area contributed by atoms with E-state index in [1.54, 1.807) is 31.4 Å². The van der Waals surface area contributed by atoms with E-state index in [-0.39, 0.29) is 11.5 Å². The highest BCUT2D eigenvalue weighted by molar-refractivity contribution is 6.10. The molecule has 0 atom stereocenters. The quantitative estimate of drug-likeness (QED) is 0.418. The van der Waals surface area contributed by atoms with Crippen molar-refractivity contribution in [1.29, 1.82) is 0 Å². The number of benzene rings is 2. The maximum atomic E-state index is 12.9. The zero-order chi connectivity index (χ0) is 19.9. The van der Waals surface area contributed by atoms with E-state index < -0.39 is 0 Å². The van der Waals surface area contributed by atoms with Crippen molar-refractivity contribution in [3.8, 4) is 11.5 Å². The minimum Gasteiger partial charge on any atom is -0.508 e. The minimum absolute atomic E-state index is 0.0402. The molecular weight excluding hydrogens is 350 g/mol. The molecule has 0 amide bonds. The summed E-state index contributed by atoms with van der Waals surface area (Å²) in [6.45, 7) is 5.70. The summed E-state index contributed by atoms with van der Waals surface area (Å²) in [4.78, 5) is 15.2. The Morgan fingerprint density at radius 1 is 1.21 bits per heavy atom. The number of phenols is 1. The molecule has 0 aliphatic carbocycles. The van der Waals surface area contributed by atoms with Gasteiger partial charge in [-0.3, -0.25) is 4.79 Å². The number of carbonyl (C=O) groups is 1. The highest BCUT2D eigenvalue weighted by Gasteiger charge is 2.17. The van der Waals surface area contributed by atoms with Crippen LogP contribution in [0.3, 0.4) is 0 Å². The van der Waals surface area contributed by atoms with E-state index in [9.17, 15) is 9.90 Å². The molecule has 0 saturated carbocycles. The maximum Gasteiger partial charge on any atom is 0.187 e. The number of hydrogen-bond acceptors (Lipinski definition) is 4. The molecule has 0 bridgehead atoms. The second-order valence-corrected chi connectivity index (χ2v) is 6.98. The van der Waals surface area contributed by atoms with Crippen LogP contribution >= 0.6 is 0 Å². The third-order valence-corrected chi connectivity index (χ3v) is 5.08. The van der Waals surface area contributed by atoms with E-state index in [1.165, 1.54) is 6.42 Å². The molecule has 0 radical (unpaired) electrons. The van der Waals surface area contributed by atoms with Crippen LogP contribution in [0.15, 0.2) is 55.1 Å². The van der Waals surface area contributed by atoms with Crippen LogP contribution in [-0.4, -0.2) is 31.1 Å². The molecule has 146 valence electrons. The summed E-state index contributed by atoms with van der Waals surface area (Å²) < 4.78 is 5.36. The number of hydrogen-bond donors (Lipinski definition) is 1.